The molecule has 0 heterocycles. The molecule has 1 nitrogen and oxygen atoms in total. The van der Waals surface area contributed by atoms with E-state index in [2.05, 4.69) is 26.0 Å². The maximum Gasteiger partial charge on any atom is 0.0544 e. The topological polar surface area (TPSA) is 26.0 Å². The summed E-state index contributed by atoms with van der Waals surface area (Å²) >= 11 is 8.06. The zero-order valence-electron chi connectivity index (χ0n) is 10.0. The lowest BCUT2D eigenvalue weighted by Gasteiger charge is -2.07. The zero-order chi connectivity index (χ0) is 12.0. The minimum Gasteiger partial charge on any atom is -0.330 e. The molecule has 2 N–H and O–H groups in total. The van der Waals surface area contributed by atoms with Gasteiger partial charge in [-0.25, -0.2) is 0 Å². The van der Waals surface area contributed by atoms with Crippen molar-refractivity contribution in [2.75, 3.05) is 12.3 Å². The van der Waals surface area contributed by atoms with Gasteiger partial charge in [0.25, 0.3) is 0 Å². The van der Waals surface area contributed by atoms with Crippen LogP contribution in [0.4, 0.5) is 0 Å². The minimum atomic E-state index is 0.677. The van der Waals surface area contributed by atoms with E-state index in [9.17, 15) is 0 Å². The van der Waals surface area contributed by atoms with Crippen molar-refractivity contribution < 1.29 is 0 Å². The van der Waals surface area contributed by atoms with Crippen molar-refractivity contribution in [3.63, 3.8) is 0 Å². The standard InChI is InChI=1S/C13H20ClNS/c1-10(2)6-8-16-13-4-3-11(5-7-15)9-12(13)14/h3-4,9-10H,5-8,15H2,1-2H3. The van der Waals surface area contributed by atoms with Crippen molar-refractivity contribution in [3.05, 3.63) is 28.8 Å². The van der Waals surface area contributed by atoms with Crippen molar-refractivity contribution in [2.45, 2.75) is 31.6 Å². The summed E-state index contributed by atoms with van der Waals surface area (Å²) in [4.78, 5) is 1.18. The van der Waals surface area contributed by atoms with Crippen LogP contribution in [-0.4, -0.2) is 12.3 Å². The Morgan fingerprint density at radius 2 is 2.12 bits per heavy atom. The van der Waals surface area contributed by atoms with Gasteiger partial charge in [0.05, 0.1) is 5.02 Å². The van der Waals surface area contributed by atoms with E-state index in [0.29, 0.717) is 6.54 Å². The highest BCUT2D eigenvalue weighted by Gasteiger charge is 2.03. The highest BCUT2D eigenvalue weighted by molar-refractivity contribution is 7.99. The number of nitrogens with two attached hydrogens (primary N) is 1. The van der Waals surface area contributed by atoms with Gasteiger partial charge in [-0.2, -0.15) is 0 Å². The molecule has 0 atom stereocenters. The van der Waals surface area contributed by atoms with Crippen molar-refractivity contribution in [1.29, 1.82) is 0 Å². The van der Waals surface area contributed by atoms with Crippen LogP contribution in [0.3, 0.4) is 0 Å². The molecule has 1 aromatic carbocycles. The maximum atomic E-state index is 6.22. The van der Waals surface area contributed by atoms with Crippen molar-refractivity contribution >= 4 is 23.4 Å². The molecule has 0 saturated heterocycles. The third-order valence-electron chi connectivity index (χ3n) is 2.38. The molecule has 0 aliphatic carbocycles. The van der Waals surface area contributed by atoms with Gasteiger partial charge in [0.2, 0.25) is 0 Å². The lowest BCUT2D eigenvalue weighted by molar-refractivity contribution is 0.632. The number of rotatable bonds is 6. The largest absolute Gasteiger partial charge is 0.330 e. The average molecular weight is 258 g/mol. The summed E-state index contributed by atoms with van der Waals surface area (Å²) in [7, 11) is 0. The van der Waals surface area contributed by atoms with Gasteiger partial charge in [0.15, 0.2) is 0 Å². The molecule has 16 heavy (non-hydrogen) atoms. The van der Waals surface area contributed by atoms with Crippen molar-refractivity contribution in [3.8, 4) is 0 Å². The van der Waals surface area contributed by atoms with Gasteiger partial charge < -0.3 is 5.73 Å². The Morgan fingerprint density at radius 1 is 1.38 bits per heavy atom. The average Bonchev–Trinajstić information content (AvgIpc) is 2.21. The third-order valence-corrected chi connectivity index (χ3v) is 3.91. The Kier molecular flexibility index (Phi) is 6.25. The summed E-state index contributed by atoms with van der Waals surface area (Å²) in [5.41, 5.74) is 6.74. The fraction of sp³-hybridized carbons (Fsp3) is 0.538. The van der Waals surface area contributed by atoms with E-state index in [4.69, 9.17) is 17.3 Å². The molecule has 3 heteroatoms. The summed E-state index contributed by atoms with van der Waals surface area (Å²) in [6.45, 7) is 5.16. The van der Waals surface area contributed by atoms with Crippen LogP contribution in [-0.2, 0) is 6.42 Å². The second-order valence-electron chi connectivity index (χ2n) is 4.33. The second kappa shape index (κ2) is 7.21. The number of halogens is 1. The predicted molar refractivity (Wildman–Crippen MR) is 74.4 cm³/mol. The van der Waals surface area contributed by atoms with Crippen LogP contribution < -0.4 is 5.73 Å². The first-order valence-corrected chi connectivity index (χ1v) is 7.11. The zero-order valence-corrected chi connectivity index (χ0v) is 11.6. The van der Waals surface area contributed by atoms with Gasteiger partial charge in [-0.1, -0.05) is 31.5 Å². The first kappa shape index (κ1) is 13.9. The van der Waals surface area contributed by atoms with E-state index >= 15 is 0 Å². The van der Waals surface area contributed by atoms with Gasteiger partial charge in [-0.05, 0) is 48.8 Å². The van der Waals surface area contributed by atoms with E-state index in [1.165, 1.54) is 16.9 Å². The Labute approximate surface area is 108 Å². The molecule has 0 spiro atoms. The molecule has 1 aromatic rings. The first-order valence-electron chi connectivity index (χ1n) is 5.74. The molecule has 1 rings (SSSR count). The van der Waals surface area contributed by atoms with Gasteiger partial charge in [0, 0.05) is 4.90 Å². The van der Waals surface area contributed by atoms with E-state index in [-0.39, 0.29) is 0 Å². The van der Waals surface area contributed by atoms with E-state index in [1.54, 1.807) is 0 Å². The highest BCUT2D eigenvalue weighted by Crippen LogP contribution is 2.29. The van der Waals surface area contributed by atoms with Crippen LogP contribution in [0, 0.1) is 5.92 Å². The fourth-order valence-electron chi connectivity index (χ4n) is 1.39. The smallest absolute Gasteiger partial charge is 0.0544 e. The summed E-state index contributed by atoms with van der Waals surface area (Å²) in [5.74, 6) is 1.89. The molecule has 0 amide bonds. The number of hydrogen-bond donors (Lipinski definition) is 1. The maximum absolute atomic E-state index is 6.22. The predicted octanol–water partition coefficient (Wildman–Crippen LogP) is 3.98. The molecule has 0 aliphatic rings. The lowest BCUT2D eigenvalue weighted by atomic mass is 10.1. The van der Waals surface area contributed by atoms with Crippen molar-refractivity contribution in [2.24, 2.45) is 11.7 Å². The lowest BCUT2D eigenvalue weighted by Crippen LogP contribution is -2.02. The Morgan fingerprint density at radius 3 is 2.69 bits per heavy atom. The van der Waals surface area contributed by atoms with Crippen LogP contribution in [0.2, 0.25) is 5.02 Å². The van der Waals surface area contributed by atoms with Crippen LogP contribution in [0.5, 0.6) is 0 Å². The molecular formula is C13H20ClNS. The summed E-state index contributed by atoms with van der Waals surface area (Å²) in [6, 6.07) is 6.26. The summed E-state index contributed by atoms with van der Waals surface area (Å²) in [5, 5.41) is 0.861. The highest BCUT2D eigenvalue weighted by atomic mass is 35.5. The Balaban J connectivity index is 2.54. The minimum absolute atomic E-state index is 0.677. The number of hydrogen-bond acceptors (Lipinski definition) is 2. The normalized spacial score (nSPS) is 11.1. The molecule has 0 saturated carbocycles. The van der Waals surface area contributed by atoms with Crippen LogP contribution in [0.15, 0.2) is 23.1 Å². The van der Waals surface area contributed by atoms with Gasteiger partial charge in [0.1, 0.15) is 0 Å². The van der Waals surface area contributed by atoms with E-state index in [1.807, 2.05) is 17.8 Å². The van der Waals surface area contributed by atoms with E-state index in [0.717, 1.165) is 23.1 Å². The fourth-order valence-corrected chi connectivity index (χ4v) is 2.93. The van der Waals surface area contributed by atoms with Gasteiger partial charge in [-0.3, -0.25) is 0 Å². The molecular weight excluding hydrogens is 238 g/mol. The monoisotopic (exact) mass is 257 g/mol. The van der Waals surface area contributed by atoms with Gasteiger partial charge in [-0.15, -0.1) is 11.8 Å². The van der Waals surface area contributed by atoms with Crippen LogP contribution in [0.25, 0.3) is 0 Å². The SMILES string of the molecule is CC(C)CCSc1ccc(CCN)cc1Cl. The molecule has 0 unspecified atom stereocenters. The molecule has 0 bridgehead atoms. The summed E-state index contributed by atoms with van der Waals surface area (Å²) < 4.78 is 0. The molecule has 0 aromatic heterocycles. The quantitative estimate of drug-likeness (QED) is 0.781. The van der Waals surface area contributed by atoms with Crippen molar-refractivity contribution in [1.82, 2.24) is 0 Å². The Bertz CT molecular complexity index is 326. The number of benzene rings is 1. The second-order valence-corrected chi connectivity index (χ2v) is 5.88. The molecule has 0 radical (unpaired) electrons. The molecule has 0 aliphatic heterocycles. The van der Waals surface area contributed by atoms with Crippen LogP contribution >= 0.6 is 23.4 Å². The van der Waals surface area contributed by atoms with Crippen LogP contribution in [0.1, 0.15) is 25.8 Å². The summed E-state index contributed by atoms with van der Waals surface area (Å²) in [6.07, 6.45) is 2.13. The van der Waals surface area contributed by atoms with E-state index < -0.39 is 0 Å². The molecule has 0 fully saturated rings. The number of thioether (sulfide) groups is 1. The molecule has 90 valence electrons. The third kappa shape index (κ3) is 4.77. The Hall–Kier alpha value is -0.180. The van der Waals surface area contributed by atoms with Gasteiger partial charge >= 0.3 is 0 Å². The first-order chi connectivity index (χ1) is 7.63.